The molecule has 176 valence electrons. The fraction of sp³-hybridized carbons (Fsp3) is 0.346. The van der Waals surface area contributed by atoms with Crippen LogP contribution in [0.4, 0.5) is 20.7 Å². The van der Waals surface area contributed by atoms with Crippen LogP contribution in [-0.4, -0.2) is 53.7 Å². The van der Waals surface area contributed by atoms with Gasteiger partial charge in [-0.25, -0.2) is 19.2 Å². The summed E-state index contributed by atoms with van der Waals surface area (Å²) in [6, 6.07) is 14.3. The van der Waals surface area contributed by atoms with Crippen LogP contribution >= 0.6 is 0 Å². The first-order chi connectivity index (χ1) is 16.6. The largest absolute Gasteiger partial charge is 0.378 e. The predicted molar refractivity (Wildman–Crippen MR) is 129 cm³/mol. The Kier molecular flexibility index (Phi) is 6.40. The van der Waals surface area contributed by atoms with Gasteiger partial charge in [-0.2, -0.15) is 0 Å². The van der Waals surface area contributed by atoms with E-state index < -0.39 is 5.82 Å². The minimum atomic E-state index is -0.452. The average molecular weight is 462 g/mol. The van der Waals surface area contributed by atoms with Gasteiger partial charge in [-0.1, -0.05) is 42.0 Å². The number of benzene rings is 2. The maximum absolute atomic E-state index is 14.0. The molecule has 2 aliphatic rings. The lowest BCUT2D eigenvalue weighted by atomic mass is 10.0. The fourth-order valence-electron chi connectivity index (χ4n) is 4.50. The number of nitrogens with one attached hydrogen (secondary N) is 1. The third-order valence-electron chi connectivity index (χ3n) is 6.24. The summed E-state index contributed by atoms with van der Waals surface area (Å²) in [4.78, 5) is 26.7. The Morgan fingerprint density at radius 2 is 1.91 bits per heavy atom. The lowest BCUT2D eigenvalue weighted by Gasteiger charge is -2.34. The number of amides is 2. The smallest absolute Gasteiger partial charge is 0.322 e. The highest BCUT2D eigenvalue weighted by Crippen LogP contribution is 2.29. The summed E-state index contributed by atoms with van der Waals surface area (Å²) in [5, 5.41) is 2.70. The van der Waals surface area contributed by atoms with Crippen molar-refractivity contribution in [2.24, 2.45) is 0 Å². The van der Waals surface area contributed by atoms with Gasteiger partial charge in [0.1, 0.15) is 17.5 Å². The Bertz CT molecular complexity index is 1200. The first kappa shape index (κ1) is 22.3. The van der Waals surface area contributed by atoms with Gasteiger partial charge in [0.25, 0.3) is 0 Å². The van der Waals surface area contributed by atoms with E-state index >= 15 is 0 Å². The lowest BCUT2D eigenvalue weighted by molar-refractivity contribution is 0.122. The van der Waals surface area contributed by atoms with Gasteiger partial charge in [0, 0.05) is 38.0 Å². The Morgan fingerprint density at radius 1 is 1.09 bits per heavy atom. The van der Waals surface area contributed by atoms with Gasteiger partial charge in [-0.15, -0.1) is 0 Å². The first-order valence-electron chi connectivity index (χ1n) is 11.6. The van der Waals surface area contributed by atoms with Crippen LogP contribution in [0.25, 0.3) is 0 Å². The number of hydrogen-bond donors (Lipinski definition) is 1. The SMILES string of the molecule is Cc1cccc(Cc2nc3c(c(N4CCOCC4)n2)CN(C(=O)Nc2ccccc2F)CC3)c1. The van der Waals surface area contributed by atoms with Gasteiger partial charge in [0.2, 0.25) is 0 Å². The quantitative estimate of drug-likeness (QED) is 0.637. The number of aromatic nitrogens is 2. The number of fused-ring (bicyclic) bond motifs is 1. The van der Waals surface area contributed by atoms with Crippen LogP contribution in [0.3, 0.4) is 0 Å². The number of hydrogen-bond acceptors (Lipinski definition) is 5. The number of carbonyl (C=O) groups is 1. The van der Waals surface area contributed by atoms with E-state index in [1.807, 2.05) is 0 Å². The van der Waals surface area contributed by atoms with Crippen LogP contribution in [-0.2, 0) is 24.1 Å². The number of morpholine rings is 1. The molecule has 2 aromatic carbocycles. The van der Waals surface area contributed by atoms with E-state index in [4.69, 9.17) is 14.7 Å². The van der Waals surface area contributed by atoms with Gasteiger partial charge < -0.3 is 19.9 Å². The molecule has 34 heavy (non-hydrogen) atoms. The van der Waals surface area contributed by atoms with E-state index in [1.54, 1.807) is 23.1 Å². The molecule has 2 amide bonds. The molecule has 0 aliphatic carbocycles. The van der Waals surface area contributed by atoms with Crippen LogP contribution in [0.2, 0.25) is 0 Å². The van der Waals surface area contributed by atoms with Gasteiger partial charge in [-0.3, -0.25) is 0 Å². The molecule has 0 spiro atoms. The number of carbonyl (C=O) groups excluding carboxylic acids is 1. The maximum Gasteiger partial charge on any atom is 0.322 e. The average Bonchev–Trinajstić information content (AvgIpc) is 2.85. The minimum Gasteiger partial charge on any atom is -0.378 e. The second kappa shape index (κ2) is 9.77. The van der Waals surface area contributed by atoms with Gasteiger partial charge in [0.05, 0.1) is 31.1 Å². The normalized spacial score (nSPS) is 15.7. The van der Waals surface area contributed by atoms with Crippen molar-refractivity contribution in [3.63, 3.8) is 0 Å². The number of aryl methyl sites for hydroxylation is 1. The molecule has 1 N–H and O–H groups in total. The van der Waals surface area contributed by atoms with Crippen molar-refractivity contribution in [3.8, 4) is 0 Å². The van der Waals surface area contributed by atoms with Crippen molar-refractivity contribution < 1.29 is 13.9 Å². The van der Waals surface area contributed by atoms with Crippen molar-refractivity contribution in [1.82, 2.24) is 14.9 Å². The number of halogens is 1. The van der Waals surface area contributed by atoms with Crippen LogP contribution < -0.4 is 10.2 Å². The standard InChI is InChI=1S/C26H28FN5O2/c1-18-5-4-6-19(15-18)16-24-28-22-9-10-32(26(33)29-23-8-3-2-7-21(23)27)17-20(22)25(30-24)31-11-13-34-14-12-31/h2-8,15H,9-14,16-17H2,1H3,(H,29,33). The molecule has 1 fully saturated rings. The van der Waals surface area contributed by atoms with E-state index in [9.17, 15) is 9.18 Å². The van der Waals surface area contributed by atoms with E-state index in [0.29, 0.717) is 39.1 Å². The van der Waals surface area contributed by atoms with Crippen molar-refractivity contribution in [1.29, 1.82) is 0 Å². The van der Waals surface area contributed by atoms with Crippen LogP contribution in [0.5, 0.6) is 0 Å². The molecule has 8 heteroatoms. The molecule has 5 rings (SSSR count). The first-order valence-corrected chi connectivity index (χ1v) is 11.6. The fourth-order valence-corrected chi connectivity index (χ4v) is 4.50. The maximum atomic E-state index is 14.0. The molecule has 0 saturated carbocycles. The lowest BCUT2D eigenvalue weighted by Crippen LogP contribution is -2.42. The number of ether oxygens (including phenoxy) is 1. The minimum absolute atomic E-state index is 0.177. The van der Waals surface area contributed by atoms with Gasteiger partial charge in [-0.05, 0) is 24.6 Å². The zero-order valence-corrected chi connectivity index (χ0v) is 19.3. The molecule has 0 atom stereocenters. The summed E-state index contributed by atoms with van der Waals surface area (Å²) in [5.41, 5.74) is 4.50. The summed E-state index contributed by atoms with van der Waals surface area (Å²) in [5.74, 6) is 1.21. The third-order valence-corrected chi connectivity index (χ3v) is 6.24. The number of nitrogens with zero attached hydrogens (tertiary/aromatic N) is 4. The Labute approximate surface area is 198 Å². The zero-order valence-electron chi connectivity index (χ0n) is 19.3. The number of rotatable bonds is 4. The Balaban J connectivity index is 1.42. The second-order valence-corrected chi connectivity index (χ2v) is 8.74. The topological polar surface area (TPSA) is 70.6 Å². The second-order valence-electron chi connectivity index (χ2n) is 8.74. The van der Waals surface area contributed by atoms with Gasteiger partial charge >= 0.3 is 6.03 Å². The van der Waals surface area contributed by atoms with E-state index in [-0.39, 0.29) is 11.7 Å². The van der Waals surface area contributed by atoms with Crippen molar-refractivity contribution in [3.05, 3.63) is 82.6 Å². The Hall–Kier alpha value is -3.52. The molecule has 2 aliphatic heterocycles. The molecular formula is C26H28FN5O2. The predicted octanol–water partition coefficient (Wildman–Crippen LogP) is 3.94. The molecule has 3 aromatic rings. The highest BCUT2D eigenvalue weighted by atomic mass is 19.1. The highest BCUT2D eigenvalue weighted by Gasteiger charge is 2.28. The number of para-hydroxylation sites is 1. The monoisotopic (exact) mass is 461 g/mol. The molecule has 1 saturated heterocycles. The molecule has 3 heterocycles. The summed E-state index contributed by atoms with van der Waals surface area (Å²) in [6.07, 6.45) is 1.28. The number of urea groups is 1. The molecule has 0 unspecified atom stereocenters. The van der Waals surface area contributed by atoms with E-state index in [0.717, 1.165) is 36.0 Å². The van der Waals surface area contributed by atoms with Crippen molar-refractivity contribution >= 4 is 17.5 Å². The van der Waals surface area contributed by atoms with Crippen LogP contribution in [0.15, 0.2) is 48.5 Å². The summed E-state index contributed by atoms with van der Waals surface area (Å²) < 4.78 is 19.6. The zero-order chi connectivity index (χ0) is 23.5. The summed E-state index contributed by atoms with van der Waals surface area (Å²) in [6.45, 7) is 5.75. The van der Waals surface area contributed by atoms with Crippen molar-refractivity contribution in [2.75, 3.05) is 43.1 Å². The number of anilines is 2. The Morgan fingerprint density at radius 3 is 2.71 bits per heavy atom. The molecule has 7 nitrogen and oxygen atoms in total. The van der Waals surface area contributed by atoms with Crippen LogP contribution in [0, 0.1) is 12.7 Å². The molecule has 0 bridgehead atoms. The summed E-state index contributed by atoms with van der Waals surface area (Å²) >= 11 is 0. The molecule has 0 radical (unpaired) electrons. The van der Waals surface area contributed by atoms with Crippen molar-refractivity contribution in [2.45, 2.75) is 26.3 Å². The van der Waals surface area contributed by atoms with Gasteiger partial charge in [0.15, 0.2) is 0 Å². The third kappa shape index (κ3) is 4.87. The molecule has 1 aromatic heterocycles. The summed E-state index contributed by atoms with van der Waals surface area (Å²) in [7, 11) is 0. The van der Waals surface area contributed by atoms with Crippen LogP contribution in [0.1, 0.15) is 28.2 Å². The van der Waals surface area contributed by atoms with E-state index in [1.165, 1.54) is 17.2 Å². The van der Waals surface area contributed by atoms with E-state index in [2.05, 4.69) is 41.4 Å². The molecular weight excluding hydrogens is 433 g/mol. The highest BCUT2D eigenvalue weighted by molar-refractivity contribution is 5.89.